The fraction of sp³-hybridized carbons (Fsp3) is 0.963. The van der Waals surface area contributed by atoms with Crippen LogP contribution in [0.1, 0.15) is 105 Å². The Kier molecular flexibility index (Phi) is 7.15. The van der Waals surface area contributed by atoms with E-state index in [4.69, 9.17) is 5.53 Å². The first-order valence-electron chi connectivity index (χ1n) is 13.6. The highest BCUT2D eigenvalue weighted by atomic mass is 16.1. The van der Waals surface area contributed by atoms with Gasteiger partial charge in [-0.15, -0.1) is 0 Å². The highest BCUT2D eigenvalue weighted by molar-refractivity contribution is 5.75. The number of fused-ring (bicyclic) bond motifs is 5. The minimum absolute atomic E-state index is 0.231. The molecule has 5 nitrogen and oxygen atoms in total. The first-order valence-corrected chi connectivity index (χ1v) is 13.6. The van der Waals surface area contributed by atoms with Crippen LogP contribution in [0.25, 0.3) is 10.4 Å². The highest BCUT2D eigenvalue weighted by Gasteiger charge is 2.60. The zero-order chi connectivity index (χ0) is 22.9. The Morgan fingerprint density at radius 3 is 2.59 bits per heavy atom. The number of hydrogen-bond donors (Lipinski definition) is 1. The molecule has 4 saturated carbocycles. The maximum Gasteiger partial charge on any atom is 0.220 e. The average Bonchev–Trinajstić information content (AvgIpc) is 3.13. The topological polar surface area (TPSA) is 77.9 Å². The van der Waals surface area contributed by atoms with Gasteiger partial charge in [-0.05, 0) is 122 Å². The predicted octanol–water partition coefficient (Wildman–Crippen LogP) is 7.27. The quantitative estimate of drug-likeness (QED) is 0.251. The van der Waals surface area contributed by atoms with Crippen molar-refractivity contribution in [1.29, 1.82) is 0 Å². The largest absolute Gasteiger partial charge is 0.356 e. The molecular formula is C27H46N4O. The lowest BCUT2D eigenvalue weighted by Crippen LogP contribution is -2.54. The summed E-state index contributed by atoms with van der Waals surface area (Å²) >= 11 is 0. The Hall–Kier alpha value is -1.22. The molecule has 4 rings (SSSR count). The summed E-state index contributed by atoms with van der Waals surface area (Å²) in [6.07, 6.45) is 14.4. The molecule has 4 fully saturated rings. The molecule has 0 bridgehead atoms. The molecule has 180 valence electrons. The SMILES string of the molecule is CCCNC(=O)CC[C@@H](C)[C@H]1CC[C@H]2[C@@H]3CC[C@@H]4C[C@@H](N=[N+]=[N-])CC[C@]4(C)[C@H]3CC[C@]12C. The number of carbonyl (C=O) groups excluding carboxylic acids is 1. The van der Waals surface area contributed by atoms with E-state index in [0.29, 0.717) is 23.2 Å². The van der Waals surface area contributed by atoms with Gasteiger partial charge in [-0.2, -0.15) is 0 Å². The third-order valence-electron chi connectivity index (χ3n) is 11.0. The van der Waals surface area contributed by atoms with Crippen LogP contribution in [-0.4, -0.2) is 18.5 Å². The molecule has 0 radical (unpaired) electrons. The number of nitrogens with one attached hydrogen (secondary N) is 1. The van der Waals surface area contributed by atoms with E-state index in [1.165, 1.54) is 44.9 Å². The molecule has 0 aliphatic heterocycles. The smallest absolute Gasteiger partial charge is 0.220 e. The van der Waals surface area contributed by atoms with Crippen molar-refractivity contribution in [3.05, 3.63) is 10.4 Å². The minimum atomic E-state index is 0.231. The first-order chi connectivity index (χ1) is 15.3. The second kappa shape index (κ2) is 9.57. The summed E-state index contributed by atoms with van der Waals surface area (Å²) in [5.74, 6) is 5.02. The Labute approximate surface area is 195 Å². The predicted molar refractivity (Wildman–Crippen MR) is 130 cm³/mol. The maximum atomic E-state index is 12.2. The van der Waals surface area contributed by atoms with Gasteiger partial charge >= 0.3 is 0 Å². The molecule has 0 aromatic carbocycles. The molecule has 0 spiro atoms. The highest BCUT2D eigenvalue weighted by Crippen LogP contribution is 2.68. The van der Waals surface area contributed by atoms with E-state index in [0.717, 1.165) is 61.8 Å². The van der Waals surface area contributed by atoms with Crippen LogP contribution in [-0.2, 0) is 4.79 Å². The summed E-state index contributed by atoms with van der Waals surface area (Å²) in [7, 11) is 0. The van der Waals surface area contributed by atoms with Crippen LogP contribution >= 0.6 is 0 Å². The van der Waals surface area contributed by atoms with Crippen LogP contribution in [0.3, 0.4) is 0 Å². The molecule has 4 aliphatic carbocycles. The molecule has 32 heavy (non-hydrogen) atoms. The molecule has 1 amide bonds. The molecule has 0 aromatic heterocycles. The van der Waals surface area contributed by atoms with Gasteiger partial charge in [0.25, 0.3) is 0 Å². The summed E-state index contributed by atoms with van der Waals surface area (Å²) in [5.41, 5.74) is 9.83. The van der Waals surface area contributed by atoms with Crippen LogP contribution in [0, 0.1) is 46.3 Å². The van der Waals surface area contributed by atoms with Crippen molar-refractivity contribution in [3.63, 3.8) is 0 Å². The Bertz CT molecular complexity index is 733. The Morgan fingerprint density at radius 1 is 1.09 bits per heavy atom. The van der Waals surface area contributed by atoms with Gasteiger partial charge in [0, 0.05) is 23.9 Å². The van der Waals surface area contributed by atoms with Gasteiger partial charge < -0.3 is 5.32 Å². The Morgan fingerprint density at radius 2 is 1.84 bits per heavy atom. The number of amides is 1. The van der Waals surface area contributed by atoms with Crippen molar-refractivity contribution in [1.82, 2.24) is 5.32 Å². The zero-order valence-electron chi connectivity index (χ0n) is 21.0. The number of nitrogens with zero attached hydrogens (tertiary/aromatic N) is 3. The van der Waals surface area contributed by atoms with Gasteiger partial charge in [-0.25, -0.2) is 0 Å². The van der Waals surface area contributed by atoms with Crippen molar-refractivity contribution in [3.8, 4) is 0 Å². The van der Waals surface area contributed by atoms with E-state index in [1.54, 1.807) is 0 Å². The van der Waals surface area contributed by atoms with Crippen molar-refractivity contribution < 1.29 is 4.79 Å². The summed E-state index contributed by atoms with van der Waals surface area (Å²) in [6.45, 7) is 10.5. The minimum Gasteiger partial charge on any atom is -0.356 e. The second-order valence-corrected chi connectivity index (χ2v) is 12.4. The second-order valence-electron chi connectivity index (χ2n) is 12.4. The average molecular weight is 443 g/mol. The molecule has 9 atom stereocenters. The van der Waals surface area contributed by atoms with Crippen molar-refractivity contribution >= 4 is 5.91 Å². The van der Waals surface area contributed by atoms with Crippen LogP contribution < -0.4 is 5.32 Å². The summed E-state index contributed by atoms with van der Waals surface area (Å²) < 4.78 is 0. The molecule has 0 unspecified atom stereocenters. The van der Waals surface area contributed by atoms with Gasteiger partial charge in [0.2, 0.25) is 5.91 Å². The fourth-order valence-corrected chi connectivity index (χ4v) is 9.30. The van der Waals surface area contributed by atoms with Crippen molar-refractivity contribution in [2.24, 2.45) is 51.5 Å². The van der Waals surface area contributed by atoms with Gasteiger partial charge in [0.1, 0.15) is 0 Å². The number of rotatable bonds is 7. The number of carbonyl (C=O) groups is 1. The molecule has 5 heteroatoms. The maximum absolute atomic E-state index is 12.2. The van der Waals surface area contributed by atoms with E-state index >= 15 is 0 Å². The molecular weight excluding hydrogens is 396 g/mol. The van der Waals surface area contributed by atoms with E-state index < -0.39 is 0 Å². The number of azide groups is 1. The molecule has 0 aromatic rings. The third-order valence-corrected chi connectivity index (χ3v) is 11.0. The van der Waals surface area contributed by atoms with Gasteiger partial charge in [0.15, 0.2) is 0 Å². The van der Waals surface area contributed by atoms with Crippen LogP contribution in [0.15, 0.2) is 5.11 Å². The van der Waals surface area contributed by atoms with Gasteiger partial charge in [-0.3, -0.25) is 4.79 Å². The zero-order valence-corrected chi connectivity index (χ0v) is 21.0. The van der Waals surface area contributed by atoms with Crippen LogP contribution in [0.4, 0.5) is 0 Å². The first kappa shape index (κ1) is 23.9. The molecule has 1 N–H and O–H groups in total. The van der Waals surface area contributed by atoms with Crippen molar-refractivity contribution in [2.75, 3.05) is 6.54 Å². The van der Waals surface area contributed by atoms with E-state index in [-0.39, 0.29) is 11.9 Å². The van der Waals surface area contributed by atoms with E-state index in [1.807, 2.05) is 0 Å². The third kappa shape index (κ3) is 4.19. The van der Waals surface area contributed by atoms with Crippen LogP contribution in [0.5, 0.6) is 0 Å². The standard InChI is InChI=1S/C27H46N4O/c1-5-16-29-25(32)11-6-18(2)22-9-10-23-21-8-7-19-17-20(30-31-28)12-14-26(19,3)24(21)13-15-27(22,23)4/h18-24H,5-17H2,1-4H3,(H,29,32)/t18-,19-,20+,21+,22-,23+,24+,26+,27-/m1/s1. The lowest BCUT2D eigenvalue weighted by molar-refractivity contribution is -0.122. The summed E-state index contributed by atoms with van der Waals surface area (Å²) in [4.78, 5) is 15.3. The molecule has 4 aliphatic rings. The molecule has 0 heterocycles. The number of hydrogen-bond acceptors (Lipinski definition) is 2. The van der Waals surface area contributed by atoms with Crippen LogP contribution in [0.2, 0.25) is 0 Å². The lowest BCUT2D eigenvalue weighted by Gasteiger charge is -2.61. The van der Waals surface area contributed by atoms with E-state index in [9.17, 15) is 4.79 Å². The normalized spacial score (nSPS) is 43.9. The fourth-order valence-electron chi connectivity index (χ4n) is 9.30. The van der Waals surface area contributed by atoms with Gasteiger partial charge in [-0.1, -0.05) is 32.8 Å². The van der Waals surface area contributed by atoms with E-state index in [2.05, 4.69) is 43.0 Å². The monoisotopic (exact) mass is 442 g/mol. The summed E-state index contributed by atoms with van der Waals surface area (Å²) in [5, 5.41) is 7.16. The molecule has 0 saturated heterocycles. The Balaban J connectivity index is 1.41. The van der Waals surface area contributed by atoms with Crippen molar-refractivity contribution in [2.45, 2.75) is 111 Å². The van der Waals surface area contributed by atoms with Gasteiger partial charge in [0.05, 0.1) is 0 Å². The summed E-state index contributed by atoms with van der Waals surface area (Å²) in [6, 6.07) is 0.231. The lowest BCUT2D eigenvalue weighted by atomic mass is 9.44.